The predicted molar refractivity (Wildman–Crippen MR) is 175 cm³/mol. The van der Waals surface area contributed by atoms with E-state index in [0.29, 0.717) is 29.5 Å². The number of hydrogen-bond acceptors (Lipinski definition) is 9. The Bertz CT molecular complexity index is 1720. The molecule has 3 aromatic carbocycles. The Kier molecular flexibility index (Phi) is 11.1. The number of fused-ring (bicyclic) bond motifs is 1. The van der Waals surface area contributed by atoms with Crippen molar-refractivity contribution >= 4 is 52.8 Å². The molecule has 9 nitrogen and oxygen atoms in total. The van der Waals surface area contributed by atoms with Gasteiger partial charge in [0.15, 0.2) is 7.14 Å². The molecule has 0 amide bonds. The highest BCUT2D eigenvalue weighted by Crippen LogP contribution is 2.57. The molecule has 0 N–H and O–H groups in total. The molecule has 1 aliphatic heterocycles. The van der Waals surface area contributed by atoms with Crippen LogP contribution < -0.4 is 10.6 Å². The Hall–Kier alpha value is -4.75. The van der Waals surface area contributed by atoms with Crippen molar-refractivity contribution in [2.24, 2.45) is 5.92 Å². The zero-order chi connectivity index (χ0) is 33.4. The Morgan fingerprint density at radius 3 is 1.83 bits per heavy atom. The fourth-order valence-corrected chi connectivity index (χ4v) is 9.51. The number of allylic oxidation sites excluding steroid dienone is 1. The minimum atomic E-state index is -4.30. The molecule has 0 fully saturated rings. The lowest BCUT2D eigenvalue weighted by atomic mass is 9.81. The molecule has 0 saturated heterocycles. The molecular weight excluding hydrogens is 607 g/mol. The number of carbonyl (C=O) groups excluding carboxylic acids is 4. The van der Waals surface area contributed by atoms with Gasteiger partial charge in [-0.25, -0.2) is 9.59 Å². The van der Waals surface area contributed by atoms with Gasteiger partial charge < -0.3 is 23.5 Å². The number of ether oxygens (including phenoxy) is 4. The van der Waals surface area contributed by atoms with E-state index in [1.165, 1.54) is 0 Å². The first-order valence-electron chi connectivity index (χ1n) is 14.8. The molecule has 0 saturated carbocycles. The fourth-order valence-electron chi connectivity index (χ4n) is 6.03. The minimum Gasteiger partial charge on any atom is -0.469 e. The number of carbonyl (C=O) groups is 4. The van der Waals surface area contributed by atoms with Gasteiger partial charge in [-0.15, -0.1) is 0 Å². The molecule has 0 radical (unpaired) electrons. The normalized spacial score (nSPS) is 22.7. The summed E-state index contributed by atoms with van der Waals surface area (Å²) in [6, 6.07) is 24.1. The molecule has 3 unspecified atom stereocenters. The number of hydrogen-bond donors (Lipinski definition) is 0. The lowest BCUT2D eigenvalue weighted by molar-refractivity contribution is -0.152. The summed E-state index contributed by atoms with van der Waals surface area (Å²) in [6.45, 7) is 2.01. The van der Waals surface area contributed by atoms with Crippen molar-refractivity contribution in [1.82, 2.24) is 0 Å². The molecule has 1 aliphatic rings. The standard InChI is InChI=1S/C36H37O9P/c1-6-7-20-26-25-21-14-15-22-27(25)46(41,24-18-12-9-13-19-24)32(36(40)45-5)31(35(39)44-4)30(34(38)43-3)29(33(37)42-2)28(26)23-16-10-8-11-17-23/h8-19,21-22,31-32H,6-7,20H2,1-5H3/b28-26-,30-29-. The third-order valence-electron chi connectivity index (χ3n) is 8.10. The van der Waals surface area contributed by atoms with Crippen molar-refractivity contribution in [2.75, 3.05) is 28.4 Å². The van der Waals surface area contributed by atoms with Crippen molar-refractivity contribution in [1.29, 1.82) is 0 Å². The lowest BCUT2D eigenvalue weighted by Crippen LogP contribution is -2.44. The summed E-state index contributed by atoms with van der Waals surface area (Å²) in [5.74, 6) is -6.10. The molecule has 0 aliphatic carbocycles. The second-order valence-corrected chi connectivity index (χ2v) is 13.4. The molecule has 46 heavy (non-hydrogen) atoms. The average Bonchev–Trinajstić information content (AvgIpc) is 3.14. The van der Waals surface area contributed by atoms with Crippen LogP contribution in [0.15, 0.2) is 96.1 Å². The van der Waals surface area contributed by atoms with Crippen LogP contribution in [0.2, 0.25) is 0 Å². The predicted octanol–water partition coefficient (Wildman–Crippen LogP) is 5.09. The van der Waals surface area contributed by atoms with Gasteiger partial charge >= 0.3 is 23.9 Å². The summed E-state index contributed by atoms with van der Waals surface area (Å²) in [4.78, 5) is 56.2. The van der Waals surface area contributed by atoms with Crippen LogP contribution in [-0.2, 0) is 42.7 Å². The Morgan fingerprint density at radius 1 is 0.696 bits per heavy atom. The molecule has 4 rings (SSSR count). The molecule has 3 aromatic rings. The number of rotatable bonds is 9. The van der Waals surface area contributed by atoms with Crippen LogP contribution in [0.1, 0.15) is 37.3 Å². The van der Waals surface area contributed by atoms with E-state index in [2.05, 4.69) is 0 Å². The van der Waals surface area contributed by atoms with Gasteiger partial charge in [-0.3, -0.25) is 9.59 Å². The van der Waals surface area contributed by atoms with E-state index < -0.39 is 48.2 Å². The van der Waals surface area contributed by atoms with E-state index in [4.69, 9.17) is 18.9 Å². The Balaban J connectivity index is 2.46. The smallest absolute Gasteiger partial charge is 0.339 e. The number of benzene rings is 3. The topological polar surface area (TPSA) is 122 Å². The van der Waals surface area contributed by atoms with Gasteiger partial charge in [0.1, 0.15) is 11.6 Å². The van der Waals surface area contributed by atoms with Gasteiger partial charge in [0, 0.05) is 16.2 Å². The van der Waals surface area contributed by atoms with Crippen LogP contribution in [0.4, 0.5) is 0 Å². The first kappa shape index (κ1) is 34.1. The molecule has 3 atom stereocenters. The SMILES string of the molecule is CCCC/C1=C(c2ccccc2)/C(C(=O)OC)=C(/C(=O)OC)C(C(=O)OC)C(C(=O)OC)P(=O)(c2ccccc2)c2ccccc21. The van der Waals surface area contributed by atoms with Gasteiger partial charge in [0.2, 0.25) is 0 Å². The zero-order valence-corrected chi connectivity index (χ0v) is 27.4. The maximum Gasteiger partial charge on any atom is 0.339 e. The first-order chi connectivity index (χ1) is 22.2. The Labute approximate surface area is 268 Å². The summed E-state index contributed by atoms with van der Waals surface area (Å²) in [7, 11) is 0.124. The maximum atomic E-state index is 16.2. The van der Waals surface area contributed by atoms with E-state index >= 15 is 4.57 Å². The van der Waals surface area contributed by atoms with Crippen molar-refractivity contribution < 1.29 is 42.7 Å². The van der Waals surface area contributed by atoms with Crippen LogP contribution >= 0.6 is 7.14 Å². The second kappa shape index (κ2) is 15.0. The summed E-state index contributed by atoms with van der Waals surface area (Å²) in [6.07, 6.45) is 1.80. The molecular formula is C36H37O9P. The summed E-state index contributed by atoms with van der Waals surface area (Å²) < 4.78 is 37.1. The van der Waals surface area contributed by atoms with Crippen molar-refractivity contribution in [3.8, 4) is 0 Å². The number of methoxy groups -OCH3 is 4. The van der Waals surface area contributed by atoms with Crippen molar-refractivity contribution in [3.05, 3.63) is 107 Å². The van der Waals surface area contributed by atoms with Gasteiger partial charge in [-0.05, 0) is 29.5 Å². The van der Waals surface area contributed by atoms with Crippen LogP contribution in [0.5, 0.6) is 0 Å². The van der Waals surface area contributed by atoms with E-state index in [9.17, 15) is 19.2 Å². The highest BCUT2D eigenvalue weighted by molar-refractivity contribution is 7.80. The fraction of sp³-hybridized carbons (Fsp3) is 0.278. The number of esters is 4. The quantitative estimate of drug-likeness (QED) is 0.178. The van der Waals surface area contributed by atoms with E-state index in [0.717, 1.165) is 34.9 Å². The van der Waals surface area contributed by atoms with Gasteiger partial charge in [-0.1, -0.05) is 98.3 Å². The van der Waals surface area contributed by atoms with E-state index in [1.54, 1.807) is 84.9 Å². The van der Waals surface area contributed by atoms with E-state index in [1.807, 2.05) is 6.92 Å². The zero-order valence-electron chi connectivity index (χ0n) is 26.5. The average molecular weight is 645 g/mol. The van der Waals surface area contributed by atoms with Crippen LogP contribution in [0.3, 0.4) is 0 Å². The monoisotopic (exact) mass is 644 g/mol. The van der Waals surface area contributed by atoms with Crippen LogP contribution in [0.25, 0.3) is 11.1 Å². The molecule has 10 heteroatoms. The van der Waals surface area contributed by atoms with E-state index in [-0.39, 0.29) is 21.8 Å². The largest absolute Gasteiger partial charge is 0.469 e. The molecule has 0 spiro atoms. The Morgan fingerprint density at radius 2 is 1.26 bits per heavy atom. The lowest BCUT2D eigenvalue weighted by Gasteiger charge is -2.33. The van der Waals surface area contributed by atoms with Crippen LogP contribution in [-0.4, -0.2) is 58.0 Å². The third-order valence-corrected chi connectivity index (χ3v) is 11.6. The highest BCUT2D eigenvalue weighted by atomic mass is 31.2. The molecule has 0 bridgehead atoms. The maximum absolute atomic E-state index is 16.2. The van der Waals surface area contributed by atoms with Crippen molar-refractivity contribution in [2.45, 2.75) is 31.8 Å². The number of unbranched alkanes of at least 4 members (excludes halogenated alkanes) is 1. The molecule has 0 aromatic heterocycles. The minimum absolute atomic E-state index is 0.244. The second-order valence-electron chi connectivity index (χ2n) is 10.6. The molecule has 1 heterocycles. The van der Waals surface area contributed by atoms with Crippen LogP contribution in [0, 0.1) is 5.92 Å². The highest BCUT2D eigenvalue weighted by Gasteiger charge is 2.55. The van der Waals surface area contributed by atoms with Gasteiger partial charge in [0.25, 0.3) is 0 Å². The summed E-state index contributed by atoms with van der Waals surface area (Å²) in [5, 5.41) is 0.508. The summed E-state index contributed by atoms with van der Waals surface area (Å²) >= 11 is 0. The van der Waals surface area contributed by atoms with Gasteiger partial charge in [-0.2, -0.15) is 0 Å². The van der Waals surface area contributed by atoms with Gasteiger partial charge in [0.05, 0.1) is 39.6 Å². The molecule has 240 valence electrons. The van der Waals surface area contributed by atoms with Crippen molar-refractivity contribution in [3.63, 3.8) is 0 Å². The summed E-state index contributed by atoms with van der Waals surface area (Å²) in [5.41, 5.74) is -0.777. The first-order valence-corrected chi connectivity index (χ1v) is 16.6. The third kappa shape index (κ3) is 6.20.